The van der Waals surface area contributed by atoms with Crippen molar-refractivity contribution in [3.05, 3.63) is 48.0 Å². The van der Waals surface area contributed by atoms with Gasteiger partial charge >= 0.3 is 10.1 Å². The monoisotopic (exact) mass is 454 g/mol. The predicted octanol–water partition coefficient (Wildman–Crippen LogP) is 2.76. The van der Waals surface area contributed by atoms with Crippen molar-refractivity contribution in [1.29, 1.82) is 0 Å². The minimum atomic E-state index is -3.98. The standard InChI is InChI=1S/C20H26N4O4S.ClH/c1-15-9-18(27-13-16-5-7-24(8-6-16)14-23-22)12-19(10-15)28-29(25,26)20-4-2-3-17(21)11-20;/h2-4,9-12,14,16H,5-8,13,21-22H2,1H3;1H. The number of halogens is 1. The van der Waals surface area contributed by atoms with Crippen LogP contribution in [0.15, 0.2) is 52.5 Å². The summed E-state index contributed by atoms with van der Waals surface area (Å²) in [4.78, 5) is 2.09. The van der Waals surface area contributed by atoms with Gasteiger partial charge in [0.2, 0.25) is 0 Å². The highest BCUT2D eigenvalue weighted by Gasteiger charge is 2.20. The molecule has 1 saturated heterocycles. The molecule has 0 aliphatic carbocycles. The van der Waals surface area contributed by atoms with E-state index in [4.69, 9.17) is 20.5 Å². The molecule has 0 radical (unpaired) electrons. The van der Waals surface area contributed by atoms with Crippen LogP contribution in [0.5, 0.6) is 11.5 Å². The Hall–Kier alpha value is -2.65. The van der Waals surface area contributed by atoms with Gasteiger partial charge in [-0.05, 0) is 61.6 Å². The Morgan fingerprint density at radius 3 is 2.53 bits per heavy atom. The largest absolute Gasteiger partial charge is 0.493 e. The van der Waals surface area contributed by atoms with Gasteiger partial charge in [0.25, 0.3) is 0 Å². The highest BCUT2D eigenvalue weighted by Crippen LogP contribution is 2.27. The summed E-state index contributed by atoms with van der Waals surface area (Å²) < 4.78 is 36.3. The van der Waals surface area contributed by atoms with Crippen LogP contribution in [0.4, 0.5) is 5.69 Å². The van der Waals surface area contributed by atoms with E-state index in [0.29, 0.717) is 24.0 Å². The maximum atomic E-state index is 12.5. The van der Waals surface area contributed by atoms with Crippen molar-refractivity contribution in [2.45, 2.75) is 24.7 Å². The average molecular weight is 455 g/mol. The summed E-state index contributed by atoms with van der Waals surface area (Å²) in [7, 11) is -3.98. The van der Waals surface area contributed by atoms with E-state index in [2.05, 4.69) is 10.0 Å². The van der Waals surface area contributed by atoms with Crippen LogP contribution in [-0.4, -0.2) is 39.4 Å². The Kier molecular flexibility index (Phi) is 8.19. The lowest BCUT2D eigenvalue weighted by molar-refractivity contribution is 0.183. The first-order valence-corrected chi connectivity index (χ1v) is 10.8. The molecule has 4 N–H and O–H groups in total. The zero-order valence-corrected chi connectivity index (χ0v) is 18.4. The number of nitrogens with zero attached hydrogens (tertiary/aromatic N) is 2. The first-order chi connectivity index (χ1) is 13.9. The molecule has 3 rings (SSSR count). The van der Waals surface area contributed by atoms with Crippen LogP contribution >= 0.6 is 12.4 Å². The third-order valence-corrected chi connectivity index (χ3v) is 5.99. The van der Waals surface area contributed by atoms with E-state index >= 15 is 0 Å². The molecule has 0 unspecified atom stereocenters. The Bertz CT molecular complexity index is 977. The Labute approximate surface area is 183 Å². The van der Waals surface area contributed by atoms with Gasteiger partial charge in [-0.3, -0.25) is 0 Å². The first kappa shape index (κ1) is 23.6. The molecule has 1 heterocycles. The van der Waals surface area contributed by atoms with E-state index in [0.717, 1.165) is 31.5 Å². The van der Waals surface area contributed by atoms with Gasteiger partial charge in [0.1, 0.15) is 22.7 Å². The quantitative estimate of drug-likeness (QED) is 0.165. The minimum absolute atomic E-state index is 0. The Morgan fingerprint density at radius 2 is 1.87 bits per heavy atom. The summed E-state index contributed by atoms with van der Waals surface area (Å²) in [6.45, 7) is 4.18. The summed E-state index contributed by atoms with van der Waals surface area (Å²) in [6, 6.07) is 11.1. The number of anilines is 1. The maximum absolute atomic E-state index is 12.5. The molecular weight excluding hydrogens is 428 g/mol. The normalized spacial score (nSPS) is 15.0. The number of hydrogen-bond acceptors (Lipinski definition) is 7. The van der Waals surface area contributed by atoms with E-state index < -0.39 is 10.1 Å². The van der Waals surface area contributed by atoms with Gasteiger partial charge in [-0.25, -0.2) is 0 Å². The fourth-order valence-corrected chi connectivity index (χ4v) is 4.21. The van der Waals surface area contributed by atoms with E-state index in [9.17, 15) is 8.42 Å². The highest BCUT2D eigenvalue weighted by atomic mass is 35.5. The van der Waals surface area contributed by atoms with Gasteiger partial charge in [0, 0.05) is 24.8 Å². The second-order valence-electron chi connectivity index (χ2n) is 7.15. The number of likely N-dealkylation sites (tertiary alicyclic amines) is 1. The van der Waals surface area contributed by atoms with Gasteiger partial charge < -0.3 is 25.4 Å². The third kappa shape index (κ3) is 6.43. The molecule has 1 aliphatic heterocycles. The zero-order valence-electron chi connectivity index (χ0n) is 16.7. The molecule has 0 aromatic heterocycles. The molecular formula is C20H27ClN4O4S. The lowest BCUT2D eigenvalue weighted by Gasteiger charge is -2.30. The van der Waals surface area contributed by atoms with Crippen LogP contribution in [0.2, 0.25) is 0 Å². The fraction of sp³-hybridized carbons (Fsp3) is 0.350. The van der Waals surface area contributed by atoms with Crippen LogP contribution in [0.1, 0.15) is 18.4 Å². The predicted molar refractivity (Wildman–Crippen MR) is 120 cm³/mol. The molecule has 0 spiro atoms. The summed E-state index contributed by atoms with van der Waals surface area (Å²) in [5.41, 5.74) is 6.87. The average Bonchev–Trinajstić information content (AvgIpc) is 2.67. The van der Waals surface area contributed by atoms with Crippen molar-refractivity contribution in [2.75, 3.05) is 25.4 Å². The van der Waals surface area contributed by atoms with Crippen LogP contribution in [0.3, 0.4) is 0 Å². The zero-order chi connectivity index (χ0) is 20.9. The number of piperidine rings is 1. The molecule has 1 aliphatic rings. The van der Waals surface area contributed by atoms with Crippen LogP contribution in [0.25, 0.3) is 0 Å². The van der Waals surface area contributed by atoms with E-state index in [1.54, 1.807) is 30.6 Å². The first-order valence-electron chi connectivity index (χ1n) is 9.37. The van der Waals surface area contributed by atoms with E-state index in [1.165, 1.54) is 12.1 Å². The lowest BCUT2D eigenvalue weighted by Crippen LogP contribution is -2.34. The van der Waals surface area contributed by atoms with Crippen molar-refractivity contribution < 1.29 is 17.3 Å². The molecule has 0 atom stereocenters. The second kappa shape index (κ2) is 10.4. The number of rotatable bonds is 7. The van der Waals surface area contributed by atoms with E-state index in [1.807, 2.05) is 13.0 Å². The maximum Gasteiger partial charge on any atom is 0.339 e. The number of ether oxygens (including phenoxy) is 1. The number of aryl methyl sites for hydroxylation is 1. The third-order valence-electron chi connectivity index (χ3n) is 4.74. The molecule has 0 bridgehead atoms. The lowest BCUT2D eigenvalue weighted by atomic mass is 9.98. The SMILES string of the molecule is Cc1cc(OCC2CCN(C=NN)CC2)cc(OS(=O)(=O)c2cccc(N)c2)c1.Cl. The number of nitrogens with two attached hydrogens (primary N) is 2. The smallest absolute Gasteiger partial charge is 0.339 e. The molecule has 1 fully saturated rings. The summed E-state index contributed by atoms with van der Waals surface area (Å²) in [6.07, 6.45) is 3.61. The van der Waals surface area contributed by atoms with Crippen LogP contribution in [-0.2, 0) is 10.1 Å². The van der Waals surface area contributed by atoms with Crippen molar-refractivity contribution in [1.82, 2.24) is 4.90 Å². The highest BCUT2D eigenvalue weighted by molar-refractivity contribution is 7.87. The molecule has 2 aromatic carbocycles. The summed E-state index contributed by atoms with van der Waals surface area (Å²) >= 11 is 0. The van der Waals surface area contributed by atoms with E-state index in [-0.39, 0.29) is 23.1 Å². The second-order valence-corrected chi connectivity index (χ2v) is 8.69. The number of benzene rings is 2. The summed E-state index contributed by atoms with van der Waals surface area (Å²) in [5, 5.41) is 3.55. The molecule has 2 aromatic rings. The van der Waals surface area contributed by atoms with Crippen molar-refractivity contribution in [2.24, 2.45) is 16.9 Å². The molecule has 0 amide bonds. The minimum Gasteiger partial charge on any atom is -0.493 e. The topological polar surface area (TPSA) is 120 Å². The molecule has 30 heavy (non-hydrogen) atoms. The van der Waals surface area contributed by atoms with Gasteiger partial charge in [0.05, 0.1) is 6.61 Å². The Morgan fingerprint density at radius 1 is 1.17 bits per heavy atom. The van der Waals surface area contributed by atoms with Gasteiger partial charge in [0.15, 0.2) is 0 Å². The van der Waals surface area contributed by atoms with Gasteiger partial charge in [-0.15, -0.1) is 12.4 Å². The van der Waals surface area contributed by atoms with Crippen molar-refractivity contribution >= 4 is 34.6 Å². The summed E-state index contributed by atoms with van der Waals surface area (Å²) in [5.74, 6) is 6.39. The Balaban J connectivity index is 0.00000320. The van der Waals surface area contributed by atoms with Crippen LogP contribution in [0, 0.1) is 12.8 Å². The number of nitrogen functional groups attached to an aromatic ring is 1. The van der Waals surface area contributed by atoms with Gasteiger partial charge in [-0.1, -0.05) is 6.07 Å². The van der Waals surface area contributed by atoms with Gasteiger partial charge in [-0.2, -0.15) is 13.5 Å². The van der Waals surface area contributed by atoms with Crippen molar-refractivity contribution in [3.8, 4) is 11.5 Å². The van der Waals surface area contributed by atoms with Crippen molar-refractivity contribution in [3.63, 3.8) is 0 Å². The molecule has 10 heteroatoms. The number of hydrogen-bond donors (Lipinski definition) is 2. The molecule has 164 valence electrons. The van der Waals surface area contributed by atoms with Crippen LogP contribution < -0.4 is 20.5 Å². The fourth-order valence-electron chi connectivity index (χ4n) is 3.23. The molecule has 0 saturated carbocycles. The number of hydrazone groups is 1. The molecule has 8 nitrogen and oxygen atoms in total.